The van der Waals surface area contributed by atoms with Gasteiger partial charge in [0, 0.05) is 6.54 Å². The minimum atomic E-state index is -0.320. The summed E-state index contributed by atoms with van der Waals surface area (Å²) in [5.74, 6) is -0.0368. The number of nitrogens with zero attached hydrogens (tertiary/aromatic N) is 1. The molecule has 3 aromatic carbocycles. The maximum atomic E-state index is 13.1. The summed E-state index contributed by atoms with van der Waals surface area (Å²) < 4.78 is 0. The first-order chi connectivity index (χ1) is 14.0. The first kappa shape index (κ1) is 21.4. The molecule has 0 aliphatic heterocycles. The Kier molecular flexibility index (Phi) is 7.32. The van der Waals surface area contributed by atoms with Crippen molar-refractivity contribution < 1.29 is 4.79 Å². The van der Waals surface area contributed by atoms with Gasteiger partial charge < -0.3 is 5.32 Å². The van der Waals surface area contributed by atoms with Crippen molar-refractivity contribution in [3.8, 4) is 0 Å². The standard InChI is InChI=1S/C24H24Cl2N2O/c1-17(28(2)16-18-13-14-21(25)22(26)15-18)24(29)27-23(19-9-5-3-6-10-19)20-11-7-4-8-12-20/h3-15,17,23H,16H2,1-2H3,(H,27,29)/t17-/m1/s1. The summed E-state index contributed by atoms with van der Waals surface area (Å²) in [6.07, 6.45) is 0. The van der Waals surface area contributed by atoms with Gasteiger partial charge in [0.15, 0.2) is 0 Å². The molecule has 0 spiro atoms. The maximum Gasteiger partial charge on any atom is 0.237 e. The number of likely N-dealkylation sites (N-methyl/N-ethyl adjacent to an activating group) is 1. The second-order valence-corrected chi connectivity index (χ2v) is 7.92. The van der Waals surface area contributed by atoms with Crippen LogP contribution in [-0.4, -0.2) is 23.9 Å². The van der Waals surface area contributed by atoms with E-state index in [0.29, 0.717) is 16.6 Å². The number of rotatable bonds is 7. The highest BCUT2D eigenvalue weighted by atomic mass is 35.5. The van der Waals surface area contributed by atoms with Gasteiger partial charge in [-0.3, -0.25) is 9.69 Å². The predicted octanol–water partition coefficient (Wildman–Crippen LogP) is 5.72. The zero-order valence-corrected chi connectivity index (χ0v) is 18.0. The van der Waals surface area contributed by atoms with Crippen LogP contribution in [0.3, 0.4) is 0 Å². The van der Waals surface area contributed by atoms with E-state index in [4.69, 9.17) is 23.2 Å². The van der Waals surface area contributed by atoms with Gasteiger partial charge in [-0.2, -0.15) is 0 Å². The monoisotopic (exact) mass is 426 g/mol. The highest BCUT2D eigenvalue weighted by Gasteiger charge is 2.23. The molecule has 5 heteroatoms. The summed E-state index contributed by atoms with van der Waals surface area (Å²) in [6.45, 7) is 2.49. The molecule has 0 fully saturated rings. The Hall–Kier alpha value is -2.33. The fourth-order valence-corrected chi connectivity index (χ4v) is 3.50. The topological polar surface area (TPSA) is 32.3 Å². The van der Waals surface area contributed by atoms with E-state index in [0.717, 1.165) is 16.7 Å². The van der Waals surface area contributed by atoms with E-state index < -0.39 is 0 Å². The third-order valence-corrected chi connectivity index (χ3v) is 5.75. The molecule has 0 aromatic heterocycles. The molecule has 0 heterocycles. The van der Waals surface area contributed by atoms with Crippen molar-refractivity contribution in [3.63, 3.8) is 0 Å². The van der Waals surface area contributed by atoms with Gasteiger partial charge in [0.25, 0.3) is 0 Å². The molecular formula is C24H24Cl2N2O. The van der Waals surface area contributed by atoms with Gasteiger partial charge in [-0.15, -0.1) is 0 Å². The number of hydrogen-bond donors (Lipinski definition) is 1. The zero-order valence-electron chi connectivity index (χ0n) is 16.5. The minimum Gasteiger partial charge on any atom is -0.344 e. The molecule has 0 saturated heterocycles. The smallest absolute Gasteiger partial charge is 0.237 e. The Morgan fingerprint density at radius 1 is 0.897 bits per heavy atom. The number of hydrogen-bond acceptors (Lipinski definition) is 2. The van der Waals surface area contributed by atoms with Gasteiger partial charge in [0.1, 0.15) is 0 Å². The average Bonchev–Trinajstić information content (AvgIpc) is 2.75. The first-order valence-corrected chi connectivity index (χ1v) is 10.3. The summed E-state index contributed by atoms with van der Waals surface area (Å²) in [6, 6.07) is 25.0. The van der Waals surface area contributed by atoms with Crippen LogP contribution in [0.5, 0.6) is 0 Å². The van der Waals surface area contributed by atoms with Crippen LogP contribution >= 0.6 is 23.2 Å². The lowest BCUT2D eigenvalue weighted by atomic mass is 9.98. The minimum absolute atomic E-state index is 0.0368. The summed E-state index contributed by atoms with van der Waals surface area (Å²) in [5.41, 5.74) is 3.10. The molecule has 150 valence electrons. The van der Waals surface area contributed by atoms with Crippen LogP contribution in [0, 0.1) is 0 Å². The predicted molar refractivity (Wildman–Crippen MR) is 120 cm³/mol. The highest BCUT2D eigenvalue weighted by molar-refractivity contribution is 6.42. The van der Waals surface area contributed by atoms with Crippen LogP contribution in [0.1, 0.15) is 29.7 Å². The third-order valence-electron chi connectivity index (χ3n) is 5.01. The summed E-state index contributed by atoms with van der Waals surface area (Å²) >= 11 is 12.1. The van der Waals surface area contributed by atoms with Gasteiger partial charge in [0.05, 0.1) is 22.1 Å². The van der Waals surface area contributed by atoms with Crippen LogP contribution in [0.25, 0.3) is 0 Å². The highest BCUT2D eigenvalue weighted by Crippen LogP contribution is 2.24. The number of halogens is 2. The fourth-order valence-electron chi connectivity index (χ4n) is 3.18. The Bertz CT molecular complexity index is 908. The van der Waals surface area contributed by atoms with Crippen LogP contribution in [-0.2, 0) is 11.3 Å². The van der Waals surface area contributed by atoms with Crippen molar-refractivity contribution in [2.45, 2.75) is 25.6 Å². The van der Waals surface area contributed by atoms with Gasteiger partial charge in [-0.25, -0.2) is 0 Å². The van der Waals surface area contributed by atoms with Crippen molar-refractivity contribution in [1.29, 1.82) is 0 Å². The molecule has 1 atom stereocenters. The normalized spacial score (nSPS) is 12.2. The molecule has 0 radical (unpaired) electrons. The van der Waals surface area contributed by atoms with Gasteiger partial charge >= 0.3 is 0 Å². The van der Waals surface area contributed by atoms with Crippen molar-refractivity contribution in [1.82, 2.24) is 10.2 Å². The van der Waals surface area contributed by atoms with Crippen LogP contribution in [0.2, 0.25) is 10.0 Å². The second-order valence-electron chi connectivity index (χ2n) is 7.10. The molecule has 0 bridgehead atoms. The van der Waals surface area contributed by atoms with Gasteiger partial charge in [-0.1, -0.05) is 89.9 Å². The second kappa shape index (κ2) is 9.93. The van der Waals surface area contributed by atoms with Crippen molar-refractivity contribution >= 4 is 29.1 Å². The summed E-state index contributed by atoms with van der Waals surface area (Å²) in [5, 5.41) is 4.25. The molecule has 3 nitrogen and oxygen atoms in total. The van der Waals surface area contributed by atoms with E-state index in [1.807, 2.05) is 91.7 Å². The van der Waals surface area contributed by atoms with E-state index in [9.17, 15) is 4.79 Å². The molecule has 1 amide bonds. The Morgan fingerprint density at radius 3 is 1.97 bits per heavy atom. The number of carbonyl (C=O) groups is 1. The fraction of sp³-hybridized carbons (Fsp3) is 0.208. The zero-order chi connectivity index (χ0) is 20.8. The lowest BCUT2D eigenvalue weighted by Gasteiger charge is -2.27. The Morgan fingerprint density at radius 2 is 1.45 bits per heavy atom. The van der Waals surface area contributed by atoms with E-state index in [-0.39, 0.29) is 18.0 Å². The SMILES string of the molecule is C[C@H](C(=O)NC(c1ccccc1)c1ccccc1)N(C)Cc1ccc(Cl)c(Cl)c1. The largest absolute Gasteiger partial charge is 0.344 e. The van der Waals surface area contributed by atoms with Crippen LogP contribution in [0.15, 0.2) is 78.9 Å². The molecule has 29 heavy (non-hydrogen) atoms. The first-order valence-electron chi connectivity index (χ1n) is 9.50. The number of benzene rings is 3. The van der Waals surface area contributed by atoms with Crippen molar-refractivity contribution in [3.05, 3.63) is 106 Å². The van der Waals surface area contributed by atoms with Crippen molar-refractivity contribution in [2.75, 3.05) is 7.05 Å². The molecule has 0 aliphatic carbocycles. The lowest BCUT2D eigenvalue weighted by Crippen LogP contribution is -2.44. The summed E-state index contributed by atoms with van der Waals surface area (Å²) in [7, 11) is 1.92. The Balaban J connectivity index is 1.73. The van der Waals surface area contributed by atoms with E-state index in [1.54, 1.807) is 6.07 Å². The molecule has 0 aliphatic rings. The quantitative estimate of drug-likeness (QED) is 0.523. The van der Waals surface area contributed by atoms with Gasteiger partial charge in [0.2, 0.25) is 5.91 Å². The van der Waals surface area contributed by atoms with E-state index >= 15 is 0 Å². The number of amides is 1. The molecular weight excluding hydrogens is 403 g/mol. The number of nitrogens with one attached hydrogen (secondary N) is 1. The lowest BCUT2D eigenvalue weighted by molar-refractivity contribution is -0.126. The molecule has 1 N–H and O–H groups in total. The summed E-state index contributed by atoms with van der Waals surface area (Å²) in [4.78, 5) is 15.0. The maximum absolute atomic E-state index is 13.1. The Labute approximate surface area is 182 Å². The van der Waals surface area contributed by atoms with Crippen LogP contribution in [0.4, 0.5) is 0 Å². The molecule has 3 aromatic rings. The average molecular weight is 427 g/mol. The van der Waals surface area contributed by atoms with E-state index in [2.05, 4.69) is 5.32 Å². The molecule has 0 saturated carbocycles. The molecule has 0 unspecified atom stereocenters. The van der Waals surface area contributed by atoms with E-state index in [1.165, 1.54) is 0 Å². The van der Waals surface area contributed by atoms with Gasteiger partial charge in [-0.05, 0) is 42.8 Å². The van der Waals surface area contributed by atoms with Crippen molar-refractivity contribution in [2.24, 2.45) is 0 Å². The number of carbonyl (C=O) groups excluding carboxylic acids is 1. The van der Waals surface area contributed by atoms with Crippen LogP contribution < -0.4 is 5.32 Å². The molecule has 3 rings (SSSR count). The third kappa shape index (κ3) is 5.60.